The molecule has 0 fully saturated rings. The average Bonchev–Trinajstić information content (AvgIpc) is 2.64. The topological polar surface area (TPSA) is 75.7 Å². The van der Waals surface area contributed by atoms with E-state index in [1.807, 2.05) is 0 Å². The number of ether oxygens (including phenoxy) is 1. The smallest absolute Gasteiger partial charge is 0.387 e. The maximum absolute atomic E-state index is 12.7. The first-order valence-electron chi connectivity index (χ1n) is 8.45. The van der Waals surface area contributed by atoms with Crippen molar-refractivity contribution in [1.82, 2.24) is 4.31 Å². The first-order chi connectivity index (χ1) is 13.6. The van der Waals surface area contributed by atoms with Crippen LogP contribution in [0, 0.1) is 0 Å². The largest absolute Gasteiger partial charge is 0.433 e. The third-order valence-electron chi connectivity index (χ3n) is 3.92. The molecule has 2 aromatic carbocycles. The van der Waals surface area contributed by atoms with Crippen LogP contribution in [0.1, 0.15) is 24.2 Å². The number of halogens is 4. The highest BCUT2D eigenvalue weighted by Gasteiger charge is 2.25. The minimum Gasteiger partial charge on any atom is -0.433 e. The van der Waals surface area contributed by atoms with E-state index in [2.05, 4.69) is 10.1 Å². The van der Waals surface area contributed by atoms with Crippen molar-refractivity contribution in [3.05, 3.63) is 52.0 Å². The van der Waals surface area contributed by atoms with Crippen molar-refractivity contribution >= 4 is 44.8 Å². The number of rotatable bonds is 8. The zero-order valence-electron chi connectivity index (χ0n) is 15.5. The van der Waals surface area contributed by atoms with E-state index in [9.17, 15) is 22.0 Å². The van der Waals surface area contributed by atoms with Crippen LogP contribution in [0.4, 0.5) is 14.5 Å². The number of benzene rings is 2. The monoisotopic (exact) mass is 466 g/mol. The Kier molecular flexibility index (Phi) is 7.81. The molecule has 11 heteroatoms. The van der Waals surface area contributed by atoms with Crippen LogP contribution in [0.25, 0.3) is 0 Å². The van der Waals surface area contributed by atoms with Gasteiger partial charge in [-0.2, -0.15) is 13.1 Å². The van der Waals surface area contributed by atoms with Crippen molar-refractivity contribution < 1.29 is 26.7 Å². The fourth-order valence-corrected chi connectivity index (χ4v) is 4.70. The number of hydrogen-bond acceptors (Lipinski definition) is 4. The fourth-order valence-electron chi connectivity index (χ4n) is 2.52. The summed E-state index contributed by atoms with van der Waals surface area (Å²) in [7, 11) is -3.87. The number of nitrogens with one attached hydrogen (secondary N) is 1. The first-order valence-corrected chi connectivity index (χ1v) is 10.6. The molecular formula is C18H18Cl2F2N2O4S. The second kappa shape index (κ2) is 9.71. The number of nitrogens with zero attached hydrogens (tertiary/aromatic N) is 1. The number of alkyl halides is 2. The predicted octanol–water partition coefficient (Wildman–Crippen LogP) is 4.88. The van der Waals surface area contributed by atoms with Gasteiger partial charge in [0, 0.05) is 24.3 Å². The van der Waals surface area contributed by atoms with E-state index in [-0.39, 0.29) is 45.0 Å². The van der Waals surface area contributed by atoms with Gasteiger partial charge in [-0.3, -0.25) is 4.79 Å². The highest BCUT2D eigenvalue weighted by molar-refractivity contribution is 7.89. The molecule has 2 aromatic rings. The Bertz CT molecular complexity index is 999. The minimum atomic E-state index is -3.87. The molecule has 0 heterocycles. The van der Waals surface area contributed by atoms with Crippen LogP contribution >= 0.6 is 23.2 Å². The average molecular weight is 467 g/mol. The lowest BCUT2D eigenvalue weighted by Gasteiger charge is -2.19. The van der Waals surface area contributed by atoms with Crippen molar-refractivity contribution in [2.75, 3.05) is 18.4 Å². The van der Waals surface area contributed by atoms with Crippen LogP contribution < -0.4 is 10.1 Å². The summed E-state index contributed by atoms with van der Waals surface area (Å²) in [4.78, 5) is 12.3. The van der Waals surface area contributed by atoms with Crippen LogP contribution in [-0.2, 0) is 10.0 Å². The summed E-state index contributed by atoms with van der Waals surface area (Å²) in [6.07, 6.45) is 0. The molecular weight excluding hydrogens is 449 g/mol. The predicted molar refractivity (Wildman–Crippen MR) is 108 cm³/mol. The lowest BCUT2D eigenvalue weighted by Crippen LogP contribution is -2.31. The SMILES string of the molecule is CCN(CC)S(=O)(=O)c1cc(C(=O)Nc2ccc(OC(F)F)c(Cl)c2)ccc1Cl. The molecule has 0 atom stereocenters. The molecule has 1 N–H and O–H groups in total. The molecule has 2 rings (SSSR count). The molecule has 158 valence electrons. The number of hydrogen-bond donors (Lipinski definition) is 1. The van der Waals surface area contributed by atoms with Crippen molar-refractivity contribution in [2.24, 2.45) is 0 Å². The Morgan fingerprint density at radius 1 is 1.10 bits per heavy atom. The molecule has 0 aliphatic carbocycles. The zero-order valence-corrected chi connectivity index (χ0v) is 17.8. The molecule has 0 saturated heterocycles. The standard InChI is InChI=1S/C18H18Cl2F2N2O4S/c1-3-24(4-2)29(26,27)16-9-11(5-7-13(16)19)17(25)23-12-6-8-15(14(20)10-12)28-18(21)22/h5-10,18H,3-4H2,1-2H3,(H,23,25). The van der Waals surface area contributed by atoms with E-state index in [1.54, 1.807) is 13.8 Å². The van der Waals surface area contributed by atoms with E-state index in [0.29, 0.717) is 0 Å². The first kappa shape index (κ1) is 23.3. The maximum atomic E-state index is 12.7. The van der Waals surface area contributed by atoms with E-state index in [1.165, 1.54) is 40.7 Å². The Morgan fingerprint density at radius 3 is 2.31 bits per heavy atom. The molecule has 6 nitrogen and oxygen atoms in total. The Balaban J connectivity index is 2.30. The van der Waals surface area contributed by atoms with Gasteiger partial charge in [0.25, 0.3) is 5.91 Å². The molecule has 0 unspecified atom stereocenters. The molecule has 29 heavy (non-hydrogen) atoms. The van der Waals surface area contributed by atoms with Crippen LogP contribution in [-0.4, -0.2) is 38.3 Å². The van der Waals surface area contributed by atoms with E-state index in [4.69, 9.17) is 23.2 Å². The van der Waals surface area contributed by atoms with Crippen LogP contribution in [0.15, 0.2) is 41.3 Å². The van der Waals surface area contributed by atoms with E-state index >= 15 is 0 Å². The summed E-state index contributed by atoms with van der Waals surface area (Å²) in [6.45, 7) is 0.842. The highest BCUT2D eigenvalue weighted by Crippen LogP contribution is 2.30. The van der Waals surface area contributed by atoms with Gasteiger partial charge in [-0.15, -0.1) is 0 Å². The van der Waals surface area contributed by atoms with Crippen molar-refractivity contribution in [3.63, 3.8) is 0 Å². The fraction of sp³-hybridized carbons (Fsp3) is 0.278. The summed E-state index contributed by atoms with van der Waals surface area (Å²) in [5.41, 5.74) is 0.258. The molecule has 0 bridgehead atoms. The summed E-state index contributed by atoms with van der Waals surface area (Å²) in [5.74, 6) is -0.866. The molecule has 0 aliphatic rings. The maximum Gasteiger partial charge on any atom is 0.387 e. The third-order valence-corrected chi connectivity index (χ3v) is 6.75. The van der Waals surface area contributed by atoms with Crippen molar-refractivity contribution in [3.8, 4) is 5.75 Å². The molecule has 0 radical (unpaired) electrons. The van der Waals surface area contributed by atoms with Gasteiger partial charge in [0.05, 0.1) is 10.0 Å². The van der Waals surface area contributed by atoms with E-state index in [0.717, 1.165) is 0 Å². The summed E-state index contributed by atoms with van der Waals surface area (Å²) >= 11 is 11.9. The van der Waals surface area contributed by atoms with Gasteiger partial charge in [-0.1, -0.05) is 37.0 Å². The number of amides is 1. The molecule has 1 amide bonds. The summed E-state index contributed by atoms with van der Waals surface area (Å²) < 4.78 is 55.5. The number of carbonyl (C=O) groups excluding carboxylic acids is 1. The quantitative estimate of drug-likeness (QED) is 0.601. The van der Waals surface area contributed by atoms with Crippen molar-refractivity contribution in [1.29, 1.82) is 0 Å². The number of anilines is 1. The lowest BCUT2D eigenvalue weighted by atomic mass is 10.2. The highest BCUT2D eigenvalue weighted by atomic mass is 35.5. The Hall–Kier alpha value is -1.94. The molecule has 0 spiro atoms. The second-order valence-electron chi connectivity index (χ2n) is 5.71. The van der Waals surface area contributed by atoms with Gasteiger partial charge in [0.2, 0.25) is 10.0 Å². The van der Waals surface area contributed by atoms with Crippen molar-refractivity contribution in [2.45, 2.75) is 25.4 Å². The third kappa shape index (κ3) is 5.57. The summed E-state index contributed by atoms with van der Waals surface area (Å²) in [5, 5.41) is 2.39. The lowest BCUT2D eigenvalue weighted by molar-refractivity contribution is -0.0497. The van der Waals surface area contributed by atoms with Crippen LogP contribution in [0.2, 0.25) is 10.0 Å². The Morgan fingerprint density at radius 2 is 1.76 bits per heavy atom. The van der Waals surface area contributed by atoms with Gasteiger partial charge >= 0.3 is 6.61 Å². The summed E-state index contributed by atoms with van der Waals surface area (Å²) in [6, 6.07) is 7.61. The number of carbonyl (C=O) groups is 1. The Labute approximate surface area is 177 Å². The van der Waals surface area contributed by atoms with Gasteiger partial charge in [-0.25, -0.2) is 8.42 Å². The van der Waals surface area contributed by atoms with Gasteiger partial charge in [-0.05, 0) is 36.4 Å². The second-order valence-corrected chi connectivity index (χ2v) is 8.43. The molecule has 0 aliphatic heterocycles. The normalized spacial score (nSPS) is 11.7. The van der Waals surface area contributed by atoms with Gasteiger partial charge in [0.1, 0.15) is 10.6 Å². The van der Waals surface area contributed by atoms with Crippen LogP contribution in [0.5, 0.6) is 5.75 Å². The van der Waals surface area contributed by atoms with E-state index < -0.39 is 22.5 Å². The molecule has 0 aromatic heterocycles. The minimum absolute atomic E-state index is 0.00926. The zero-order chi connectivity index (χ0) is 21.8. The molecule has 0 saturated carbocycles. The van der Waals surface area contributed by atoms with Gasteiger partial charge in [0.15, 0.2) is 0 Å². The number of sulfonamides is 1. The van der Waals surface area contributed by atoms with Crippen LogP contribution in [0.3, 0.4) is 0 Å². The van der Waals surface area contributed by atoms with Gasteiger partial charge < -0.3 is 10.1 Å².